The molecule has 0 bridgehead atoms. The van der Waals surface area contributed by atoms with E-state index in [1.807, 2.05) is 0 Å². The fourth-order valence-electron chi connectivity index (χ4n) is 2.34. The molecule has 1 unspecified atom stereocenters. The largest absolute Gasteiger partial charge is 0.398 e. The highest BCUT2D eigenvalue weighted by Gasteiger charge is 2.35. The van der Waals surface area contributed by atoms with Gasteiger partial charge in [0.1, 0.15) is 0 Å². The van der Waals surface area contributed by atoms with Gasteiger partial charge >= 0.3 is 0 Å². The van der Waals surface area contributed by atoms with Gasteiger partial charge in [0.05, 0.1) is 17.3 Å². The number of nitrogen functional groups attached to an aromatic ring is 1. The molecule has 1 aliphatic heterocycles. The van der Waals surface area contributed by atoms with E-state index in [1.54, 1.807) is 31.2 Å². The van der Waals surface area contributed by atoms with Crippen molar-refractivity contribution in [1.29, 1.82) is 0 Å². The Kier molecular flexibility index (Phi) is 4.08. The van der Waals surface area contributed by atoms with Gasteiger partial charge in [-0.05, 0) is 18.6 Å². The van der Waals surface area contributed by atoms with Gasteiger partial charge in [0.2, 0.25) is 10.0 Å². The van der Waals surface area contributed by atoms with Crippen molar-refractivity contribution < 1.29 is 16.8 Å². The van der Waals surface area contributed by atoms with Crippen LogP contribution in [0.15, 0.2) is 24.3 Å². The lowest BCUT2D eigenvalue weighted by molar-refractivity contribution is 0.356. The molecule has 1 saturated heterocycles. The molecule has 1 fully saturated rings. The van der Waals surface area contributed by atoms with Crippen LogP contribution in [0.3, 0.4) is 0 Å². The lowest BCUT2D eigenvalue weighted by Gasteiger charge is -2.32. The maximum Gasteiger partial charge on any atom is 0.218 e. The molecule has 8 heteroatoms. The van der Waals surface area contributed by atoms with Gasteiger partial charge in [0.15, 0.2) is 9.84 Å². The molecule has 1 heterocycles. The molecule has 112 valence electrons. The predicted molar refractivity (Wildman–Crippen MR) is 78.3 cm³/mol. The van der Waals surface area contributed by atoms with Crippen LogP contribution >= 0.6 is 0 Å². The van der Waals surface area contributed by atoms with Crippen LogP contribution in [0.25, 0.3) is 0 Å². The summed E-state index contributed by atoms with van der Waals surface area (Å²) in [6.45, 7) is 1.63. The summed E-state index contributed by atoms with van der Waals surface area (Å²) in [6, 6.07) is 6.24. The maximum absolute atomic E-state index is 12.4. The lowest BCUT2D eigenvalue weighted by atomic mass is 10.2. The standard InChI is InChI=1S/C12H18N2O4S2/c1-10-8-19(15,16)7-6-14(10)20(17,18)9-11-4-2-3-5-12(11)13/h2-5,10H,6-9,13H2,1H3. The Balaban J connectivity index is 2.22. The van der Waals surface area contributed by atoms with E-state index < -0.39 is 25.9 Å². The minimum absolute atomic E-state index is 0.0125. The molecule has 1 aliphatic rings. The number of sulfonamides is 1. The summed E-state index contributed by atoms with van der Waals surface area (Å²) < 4.78 is 49.1. The Labute approximate surface area is 119 Å². The summed E-state index contributed by atoms with van der Waals surface area (Å²) in [5.41, 5.74) is 6.72. The van der Waals surface area contributed by atoms with E-state index in [9.17, 15) is 16.8 Å². The summed E-state index contributed by atoms with van der Waals surface area (Å²) in [4.78, 5) is 0. The van der Waals surface area contributed by atoms with E-state index in [1.165, 1.54) is 4.31 Å². The summed E-state index contributed by atoms with van der Waals surface area (Å²) in [7, 11) is -6.71. The molecule has 0 saturated carbocycles. The smallest absolute Gasteiger partial charge is 0.218 e. The van der Waals surface area contributed by atoms with Gasteiger partial charge in [-0.1, -0.05) is 18.2 Å². The second kappa shape index (κ2) is 5.34. The molecule has 0 spiro atoms. The molecular formula is C12H18N2O4S2. The second-order valence-electron chi connectivity index (χ2n) is 5.03. The van der Waals surface area contributed by atoms with E-state index in [0.29, 0.717) is 11.3 Å². The van der Waals surface area contributed by atoms with Gasteiger partial charge in [-0.3, -0.25) is 0 Å². The fourth-order valence-corrected chi connectivity index (χ4v) is 5.92. The number of para-hydroxylation sites is 1. The molecule has 1 atom stereocenters. The summed E-state index contributed by atoms with van der Waals surface area (Å²) >= 11 is 0. The summed E-state index contributed by atoms with van der Waals surface area (Å²) in [6.07, 6.45) is 0. The van der Waals surface area contributed by atoms with Crippen LogP contribution in [0, 0.1) is 0 Å². The third-order valence-corrected chi connectivity index (χ3v) is 7.09. The molecule has 2 rings (SSSR count). The number of sulfone groups is 1. The zero-order valence-corrected chi connectivity index (χ0v) is 12.8. The zero-order valence-electron chi connectivity index (χ0n) is 11.2. The second-order valence-corrected chi connectivity index (χ2v) is 9.18. The highest BCUT2D eigenvalue weighted by Crippen LogP contribution is 2.21. The summed E-state index contributed by atoms with van der Waals surface area (Å²) in [5.74, 6) is -0.457. The lowest BCUT2D eigenvalue weighted by Crippen LogP contribution is -2.49. The van der Waals surface area contributed by atoms with Crippen LogP contribution in [-0.4, -0.2) is 45.2 Å². The van der Waals surface area contributed by atoms with Crippen molar-refractivity contribution in [2.24, 2.45) is 0 Å². The van der Waals surface area contributed by atoms with E-state index in [-0.39, 0.29) is 23.8 Å². The van der Waals surface area contributed by atoms with Gasteiger partial charge in [-0.15, -0.1) is 0 Å². The van der Waals surface area contributed by atoms with Gasteiger partial charge < -0.3 is 5.73 Å². The number of hydrogen-bond acceptors (Lipinski definition) is 5. The van der Waals surface area contributed by atoms with Crippen molar-refractivity contribution in [2.45, 2.75) is 18.7 Å². The normalized spacial score (nSPS) is 23.6. The first-order valence-corrected chi connectivity index (χ1v) is 9.68. The number of anilines is 1. The Hall–Kier alpha value is -1.12. The van der Waals surface area contributed by atoms with Crippen LogP contribution in [0.1, 0.15) is 12.5 Å². The van der Waals surface area contributed by atoms with Crippen LogP contribution in [0.4, 0.5) is 5.69 Å². The van der Waals surface area contributed by atoms with Crippen LogP contribution < -0.4 is 5.73 Å². The van der Waals surface area contributed by atoms with Crippen LogP contribution in [0.2, 0.25) is 0 Å². The molecule has 0 aromatic heterocycles. The average Bonchev–Trinajstić information content (AvgIpc) is 2.30. The van der Waals surface area contributed by atoms with Crippen molar-refractivity contribution >= 4 is 25.5 Å². The summed E-state index contributed by atoms with van der Waals surface area (Å²) in [5, 5.41) is 0. The quantitative estimate of drug-likeness (QED) is 0.804. The molecular weight excluding hydrogens is 300 g/mol. The van der Waals surface area contributed by atoms with Crippen molar-refractivity contribution in [3.05, 3.63) is 29.8 Å². The van der Waals surface area contributed by atoms with E-state index in [2.05, 4.69) is 0 Å². The number of nitrogens with zero attached hydrogens (tertiary/aromatic N) is 1. The fraction of sp³-hybridized carbons (Fsp3) is 0.500. The molecule has 1 aromatic rings. The highest BCUT2D eigenvalue weighted by molar-refractivity contribution is 7.92. The first-order chi connectivity index (χ1) is 9.21. The first-order valence-electron chi connectivity index (χ1n) is 6.24. The van der Waals surface area contributed by atoms with E-state index in [4.69, 9.17) is 5.73 Å². The molecule has 0 amide bonds. The Morgan fingerprint density at radius 1 is 1.35 bits per heavy atom. The Morgan fingerprint density at radius 3 is 2.60 bits per heavy atom. The number of benzene rings is 1. The molecule has 20 heavy (non-hydrogen) atoms. The van der Waals surface area contributed by atoms with Gasteiger partial charge in [-0.2, -0.15) is 4.31 Å². The Bertz CT molecular complexity index is 698. The van der Waals surface area contributed by atoms with Gasteiger partial charge in [0, 0.05) is 18.3 Å². The van der Waals surface area contributed by atoms with Gasteiger partial charge in [0.25, 0.3) is 0 Å². The van der Waals surface area contributed by atoms with E-state index >= 15 is 0 Å². The zero-order chi connectivity index (χ0) is 15.0. The Morgan fingerprint density at radius 2 is 2.00 bits per heavy atom. The third-order valence-electron chi connectivity index (χ3n) is 3.36. The predicted octanol–water partition coefficient (Wildman–Crippen LogP) is 0.218. The minimum atomic E-state index is -3.57. The number of nitrogens with two attached hydrogens (primary N) is 1. The maximum atomic E-state index is 12.4. The third kappa shape index (κ3) is 3.31. The molecule has 6 nitrogen and oxygen atoms in total. The number of hydrogen-bond donors (Lipinski definition) is 1. The average molecular weight is 318 g/mol. The van der Waals surface area contributed by atoms with E-state index in [0.717, 1.165) is 0 Å². The van der Waals surface area contributed by atoms with Crippen molar-refractivity contribution in [1.82, 2.24) is 4.31 Å². The SMILES string of the molecule is CC1CS(=O)(=O)CCN1S(=O)(=O)Cc1ccccc1N. The van der Waals surface area contributed by atoms with Crippen molar-refractivity contribution in [2.75, 3.05) is 23.8 Å². The minimum Gasteiger partial charge on any atom is -0.398 e. The molecule has 1 aromatic carbocycles. The van der Waals surface area contributed by atoms with Crippen LogP contribution in [-0.2, 0) is 25.6 Å². The highest BCUT2D eigenvalue weighted by atomic mass is 32.2. The topological polar surface area (TPSA) is 97.5 Å². The monoisotopic (exact) mass is 318 g/mol. The van der Waals surface area contributed by atoms with Crippen molar-refractivity contribution in [3.8, 4) is 0 Å². The first kappa shape index (κ1) is 15.3. The molecule has 0 aliphatic carbocycles. The van der Waals surface area contributed by atoms with Gasteiger partial charge in [-0.25, -0.2) is 16.8 Å². The molecule has 2 N–H and O–H groups in total. The van der Waals surface area contributed by atoms with Crippen LogP contribution in [0.5, 0.6) is 0 Å². The van der Waals surface area contributed by atoms with Crippen molar-refractivity contribution in [3.63, 3.8) is 0 Å². The molecule has 0 radical (unpaired) electrons. The number of rotatable bonds is 3.